The number of halogens is 1. The maximum absolute atomic E-state index is 11.3. The Hall–Kier alpha value is -2.61. The van der Waals surface area contributed by atoms with Gasteiger partial charge in [-0.15, -0.1) is 0 Å². The number of Topliss-reactive ketones (excluding diaryl/α,β-unsaturated/α-hetero) is 3. The summed E-state index contributed by atoms with van der Waals surface area (Å²) in [6.07, 6.45) is 9.63. The molecule has 0 saturated heterocycles. The van der Waals surface area contributed by atoms with Crippen LogP contribution >= 0.6 is 15.9 Å². The molecule has 3 atom stereocenters. The minimum atomic E-state index is 0.0532. The number of nitrogens with zero attached hydrogens (tertiary/aromatic N) is 2. The molecular formula is C26H35BrN4O3. The van der Waals surface area contributed by atoms with Crippen molar-refractivity contribution in [3.05, 3.63) is 47.8 Å². The van der Waals surface area contributed by atoms with Gasteiger partial charge in [-0.25, -0.2) is 9.97 Å². The molecule has 0 aromatic carbocycles. The van der Waals surface area contributed by atoms with Crippen LogP contribution in [0.15, 0.2) is 36.7 Å². The molecule has 2 aliphatic rings. The van der Waals surface area contributed by atoms with Gasteiger partial charge in [-0.05, 0) is 87.3 Å². The molecule has 0 bridgehead atoms. The Morgan fingerprint density at radius 3 is 1.94 bits per heavy atom. The van der Waals surface area contributed by atoms with Crippen molar-refractivity contribution in [2.24, 2.45) is 17.8 Å². The molecule has 0 radical (unpaired) electrons. The average Bonchev–Trinajstić information content (AvgIpc) is 3.44. The smallest absolute Gasteiger partial charge is 0.133 e. The van der Waals surface area contributed by atoms with E-state index in [2.05, 4.69) is 25.9 Å². The lowest BCUT2D eigenvalue weighted by Crippen LogP contribution is -2.07. The van der Waals surface area contributed by atoms with Gasteiger partial charge in [-0.3, -0.25) is 14.4 Å². The van der Waals surface area contributed by atoms with Gasteiger partial charge in [0.15, 0.2) is 0 Å². The Balaban J connectivity index is 0.000000194. The van der Waals surface area contributed by atoms with Gasteiger partial charge in [-0.2, -0.15) is 0 Å². The van der Waals surface area contributed by atoms with Gasteiger partial charge in [0.05, 0.1) is 0 Å². The Bertz CT molecular complexity index is 982. The van der Waals surface area contributed by atoms with E-state index in [1.807, 2.05) is 24.3 Å². The first-order valence-corrected chi connectivity index (χ1v) is 12.8. The fraction of sp³-hybridized carbons (Fsp3) is 0.500. The minimum Gasteiger partial charge on any atom is -0.384 e. The Labute approximate surface area is 210 Å². The van der Waals surface area contributed by atoms with E-state index in [4.69, 9.17) is 11.5 Å². The predicted molar refractivity (Wildman–Crippen MR) is 138 cm³/mol. The summed E-state index contributed by atoms with van der Waals surface area (Å²) in [5.74, 6) is 2.90. The second kappa shape index (κ2) is 13.9. The predicted octanol–water partition coefficient (Wildman–Crippen LogP) is 4.71. The van der Waals surface area contributed by atoms with Crippen LogP contribution in [0.2, 0.25) is 0 Å². The number of anilines is 2. The molecule has 8 heteroatoms. The molecule has 2 aromatic rings. The minimum absolute atomic E-state index is 0.0532. The van der Waals surface area contributed by atoms with E-state index in [1.54, 1.807) is 26.2 Å². The summed E-state index contributed by atoms with van der Waals surface area (Å²) in [6.45, 7) is 3.26. The molecule has 184 valence electrons. The average molecular weight is 531 g/mol. The number of ketones is 3. The van der Waals surface area contributed by atoms with Crippen LogP contribution in [-0.2, 0) is 26.1 Å². The highest BCUT2D eigenvalue weighted by molar-refractivity contribution is 9.08. The van der Waals surface area contributed by atoms with Crippen LogP contribution in [0.25, 0.3) is 0 Å². The second-order valence-corrected chi connectivity index (χ2v) is 9.65. The third-order valence-electron chi connectivity index (χ3n) is 6.31. The molecule has 0 aliphatic heterocycles. The monoisotopic (exact) mass is 530 g/mol. The number of alkyl halides is 1. The summed E-state index contributed by atoms with van der Waals surface area (Å²) >= 11 is 3.31. The number of nitrogens with two attached hydrogens (primary N) is 2. The zero-order chi connectivity index (χ0) is 25.1. The number of carbonyl (C=O) groups is 3. The zero-order valence-corrected chi connectivity index (χ0v) is 21.6. The van der Waals surface area contributed by atoms with Gasteiger partial charge < -0.3 is 11.5 Å². The van der Waals surface area contributed by atoms with Crippen LogP contribution in [0.1, 0.15) is 63.5 Å². The molecule has 2 heterocycles. The van der Waals surface area contributed by atoms with Crippen LogP contribution in [0.5, 0.6) is 0 Å². The maximum atomic E-state index is 11.3. The molecule has 0 unspecified atom stereocenters. The normalized spacial score (nSPS) is 21.1. The Morgan fingerprint density at radius 2 is 1.53 bits per heavy atom. The lowest BCUT2D eigenvalue weighted by molar-refractivity contribution is -0.123. The summed E-state index contributed by atoms with van der Waals surface area (Å²) in [5, 5.41) is 0.833. The molecule has 2 aliphatic carbocycles. The van der Waals surface area contributed by atoms with Crippen molar-refractivity contribution in [1.29, 1.82) is 0 Å². The highest BCUT2D eigenvalue weighted by atomic mass is 79.9. The van der Waals surface area contributed by atoms with E-state index in [-0.39, 0.29) is 17.5 Å². The summed E-state index contributed by atoms with van der Waals surface area (Å²) in [5.41, 5.74) is 13.4. The third kappa shape index (κ3) is 9.71. The molecule has 4 rings (SSSR count). The highest BCUT2D eigenvalue weighted by Gasteiger charge is 2.27. The van der Waals surface area contributed by atoms with Gasteiger partial charge >= 0.3 is 0 Å². The fourth-order valence-corrected chi connectivity index (χ4v) is 4.67. The topological polar surface area (TPSA) is 129 Å². The van der Waals surface area contributed by atoms with Crippen molar-refractivity contribution >= 4 is 44.9 Å². The van der Waals surface area contributed by atoms with Gasteiger partial charge in [0.1, 0.15) is 29.0 Å². The molecule has 2 aromatic heterocycles. The van der Waals surface area contributed by atoms with E-state index in [1.165, 1.54) is 5.56 Å². The van der Waals surface area contributed by atoms with Crippen LogP contribution in [0.4, 0.5) is 11.6 Å². The summed E-state index contributed by atoms with van der Waals surface area (Å²) in [6, 6.07) is 7.71. The Kier molecular flexibility index (Phi) is 11.3. The maximum Gasteiger partial charge on any atom is 0.133 e. The van der Waals surface area contributed by atoms with Gasteiger partial charge in [0, 0.05) is 42.4 Å². The van der Waals surface area contributed by atoms with Crippen molar-refractivity contribution in [1.82, 2.24) is 9.97 Å². The molecule has 0 amide bonds. The van der Waals surface area contributed by atoms with Gasteiger partial charge in [-0.1, -0.05) is 15.9 Å². The molecule has 7 nitrogen and oxygen atoms in total. The molecule has 2 saturated carbocycles. The first-order valence-electron chi connectivity index (χ1n) is 11.7. The summed E-state index contributed by atoms with van der Waals surface area (Å²) in [4.78, 5) is 40.3. The zero-order valence-electron chi connectivity index (χ0n) is 20.0. The largest absolute Gasteiger partial charge is 0.384 e. The van der Waals surface area contributed by atoms with E-state index in [0.29, 0.717) is 42.1 Å². The number of aromatic nitrogens is 2. The summed E-state index contributed by atoms with van der Waals surface area (Å²) < 4.78 is 0. The number of carbonyl (C=O) groups excluding carboxylic acids is 3. The van der Waals surface area contributed by atoms with Crippen LogP contribution in [0, 0.1) is 17.8 Å². The number of pyridine rings is 2. The molecule has 2 fully saturated rings. The van der Waals surface area contributed by atoms with Gasteiger partial charge in [0.25, 0.3) is 0 Å². The molecule has 34 heavy (non-hydrogen) atoms. The molecule has 4 N–H and O–H groups in total. The SMILES string of the molecule is CC(=O)[C@@H]1CC[C@@H](Cc2ccnc(N)c2)C1.CC(=O)[C@H]1CCC(=O)C1.Nc1cc(CBr)ccn1. The van der Waals surface area contributed by atoms with Crippen molar-refractivity contribution in [2.75, 3.05) is 11.5 Å². The van der Waals surface area contributed by atoms with Gasteiger partial charge in [0.2, 0.25) is 0 Å². The second-order valence-electron chi connectivity index (χ2n) is 9.09. The van der Waals surface area contributed by atoms with E-state index < -0.39 is 0 Å². The van der Waals surface area contributed by atoms with Crippen molar-refractivity contribution in [2.45, 2.75) is 64.1 Å². The van der Waals surface area contributed by atoms with Crippen molar-refractivity contribution < 1.29 is 14.4 Å². The highest BCUT2D eigenvalue weighted by Crippen LogP contribution is 2.33. The number of rotatable bonds is 5. The van der Waals surface area contributed by atoms with E-state index >= 15 is 0 Å². The van der Waals surface area contributed by atoms with Crippen LogP contribution in [-0.4, -0.2) is 27.3 Å². The number of nitrogen functional groups attached to an aromatic ring is 2. The number of hydrogen-bond donors (Lipinski definition) is 2. The lowest BCUT2D eigenvalue weighted by atomic mass is 9.96. The third-order valence-corrected chi connectivity index (χ3v) is 6.95. The fourth-order valence-electron chi connectivity index (χ4n) is 4.32. The van der Waals surface area contributed by atoms with Crippen molar-refractivity contribution in [3.8, 4) is 0 Å². The van der Waals surface area contributed by atoms with Crippen LogP contribution in [0.3, 0.4) is 0 Å². The lowest BCUT2D eigenvalue weighted by Gasteiger charge is -2.09. The van der Waals surface area contributed by atoms with Crippen molar-refractivity contribution in [3.63, 3.8) is 0 Å². The standard InChI is InChI=1S/C13H18N2O.C7H10O2.C6H7BrN2/c1-9(16)12-3-2-10(7-12)6-11-4-5-15-13(14)8-11;1-5(8)6-2-3-7(9)4-6;7-4-5-1-2-9-6(8)3-5/h4-5,8,10,12H,2-3,6-7H2,1H3,(H2,14,15);6H,2-4H2,1H3;1-3H,4H2,(H2,8,9)/t10-,12+;6-;/m00./s1. The van der Waals surface area contributed by atoms with Crippen LogP contribution < -0.4 is 11.5 Å². The quantitative estimate of drug-likeness (QED) is 0.535. The summed E-state index contributed by atoms with van der Waals surface area (Å²) in [7, 11) is 0. The molecule has 0 spiro atoms. The number of hydrogen-bond acceptors (Lipinski definition) is 7. The first kappa shape index (κ1) is 27.6. The van der Waals surface area contributed by atoms with E-state index in [0.717, 1.165) is 43.0 Å². The van der Waals surface area contributed by atoms with E-state index in [9.17, 15) is 14.4 Å². The molecular weight excluding hydrogens is 496 g/mol. The Morgan fingerprint density at radius 1 is 0.941 bits per heavy atom. The first-order chi connectivity index (χ1) is 16.2.